The summed E-state index contributed by atoms with van der Waals surface area (Å²) in [6.07, 6.45) is 10.6. The number of unbranched alkanes of at least 4 members (excludes halogenated alkanes) is 5. The van der Waals surface area contributed by atoms with Crippen LogP contribution in [-0.2, 0) is 19.1 Å². The van der Waals surface area contributed by atoms with Gasteiger partial charge in [-0.05, 0) is 36.6 Å². The molecule has 0 fully saturated rings. The maximum atomic E-state index is 11.0. The predicted molar refractivity (Wildman–Crippen MR) is 102 cm³/mol. The zero-order chi connectivity index (χ0) is 19.0. The second-order valence-corrected chi connectivity index (χ2v) is 5.77. The van der Waals surface area contributed by atoms with Gasteiger partial charge in [-0.3, -0.25) is 0 Å². The first-order chi connectivity index (χ1) is 12.7. The molecule has 0 saturated heterocycles. The topological polar surface area (TPSA) is 61.8 Å². The number of hydrogen-bond donors (Lipinski definition) is 0. The summed E-state index contributed by atoms with van der Waals surface area (Å²) in [5.41, 5.74) is 0.918. The molecular formula is C21H28O5. The van der Waals surface area contributed by atoms with Crippen LogP contribution in [0.15, 0.2) is 43.0 Å². The van der Waals surface area contributed by atoms with Crippen molar-refractivity contribution < 1.29 is 23.8 Å². The van der Waals surface area contributed by atoms with Gasteiger partial charge in [-0.25, -0.2) is 9.59 Å². The van der Waals surface area contributed by atoms with Crippen LogP contribution < -0.4 is 4.74 Å². The van der Waals surface area contributed by atoms with Crippen molar-refractivity contribution in [2.75, 3.05) is 20.3 Å². The number of methoxy groups -OCH3 is 1. The zero-order valence-electron chi connectivity index (χ0n) is 15.4. The molecule has 0 spiro atoms. The minimum Gasteiger partial charge on any atom is -0.494 e. The van der Waals surface area contributed by atoms with Crippen LogP contribution in [0.2, 0.25) is 0 Å². The Hall–Kier alpha value is -2.56. The fraction of sp³-hybridized carbons (Fsp3) is 0.429. The van der Waals surface area contributed by atoms with E-state index in [9.17, 15) is 9.59 Å². The lowest BCUT2D eigenvalue weighted by Crippen LogP contribution is -2.01. The van der Waals surface area contributed by atoms with Crippen LogP contribution >= 0.6 is 0 Å². The smallest absolute Gasteiger partial charge is 0.330 e. The van der Waals surface area contributed by atoms with Crippen molar-refractivity contribution in [3.8, 4) is 5.75 Å². The van der Waals surface area contributed by atoms with Crippen LogP contribution in [0, 0.1) is 0 Å². The normalized spacial score (nSPS) is 10.5. The van der Waals surface area contributed by atoms with Gasteiger partial charge < -0.3 is 14.2 Å². The molecule has 0 aliphatic carbocycles. The fourth-order valence-corrected chi connectivity index (χ4v) is 2.24. The molecule has 0 heterocycles. The molecule has 0 aromatic heterocycles. The van der Waals surface area contributed by atoms with Gasteiger partial charge >= 0.3 is 11.9 Å². The minimum absolute atomic E-state index is 0.352. The minimum atomic E-state index is -0.372. The molecule has 26 heavy (non-hydrogen) atoms. The highest BCUT2D eigenvalue weighted by atomic mass is 16.5. The van der Waals surface area contributed by atoms with Crippen LogP contribution in [0.3, 0.4) is 0 Å². The number of ether oxygens (including phenoxy) is 3. The molecule has 5 heteroatoms. The first-order valence-corrected chi connectivity index (χ1v) is 8.94. The average Bonchev–Trinajstić information content (AvgIpc) is 2.68. The summed E-state index contributed by atoms with van der Waals surface area (Å²) in [4.78, 5) is 21.9. The van der Waals surface area contributed by atoms with Gasteiger partial charge in [0.1, 0.15) is 5.75 Å². The third-order valence-electron chi connectivity index (χ3n) is 3.71. The lowest BCUT2D eigenvalue weighted by molar-refractivity contribution is -0.138. The maximum absolute atomic E-state index is 11.0. The number of benzene rings is 1. The second kappa shape index (κ2) is 13.7. The van der Waals surface area contributed by atoms with Crippen molar-refractivity contribution in [1.82, 2.24) is 0 Å². The third-order valence-corrected chi connectivity index (χ3v) is 3.71. The Morgan fingerprint density at radius 2 is 1.54 bits per heavy atom. The van der Waals surface area contributed by atoms with Gasteiger partial charge in [-0.15, -0.1) is 0 Å². The largest absolute Gasteiger partial charge is 0.494 e. The van der Waals surface area contributed by atoms with E-state index in [0.717, 1.165) is 49.8 Å². The molecule has 142 valence electrons. The van der Waals surface area contributed by atoms with Gasteiger partial charge in [0.25, 0.3) is 0 Å². The highest BCUT2D eigenvalue weighted by Crippen LogP contribution is 2.14. The lowest BCUT2D eigenvalue weighted by atomic mass is 10.1. The quantitative estimate of drug-likeness (QED) is 0.298. The van der Waals surface area contributed by atoms with E-state index in [1.165, 1.54) is 19.3 Å². The summed E-state index contributed by atoms with van der Waals surface area (Å²) >= 11 is 0. The molecule has 1 aromatic carbocycles. The van der Waals surface area contributed by atoms with Crippen molar-refractivity contribution >= 4 is 18.0 Å². The van der Waals surface area contributed by atoms with Crippen molar-refractivity contribution in [3.05, 3.63) is 48.6 Å². The van der Waals surface area contributed by atoms with E-state index in [1.54, 1.807) is 6.08 Å². The summed E-state index contributed by atoms with van der Waals surface area (Å²) in [7, 11) is 1.35. The predicted octanol–water partition coefficient (Wildman–Crippen LogP) is 4.32. The molecule has 0 aliphatic rings. The van der Waals surface area contributed by atoms with Gasteiger partial charge in [-0.1, -0.05) is 44.4 Å². The van der Waals surface area contributed by atoms with Crippen molar-refractivity contribution in [2.45, 2.75) is 38.5 Å². The number of carbonyl (C=O) groups excluding carboxylic acids is 2. The summed E-state index contributed by atoms with van der Waals surface area (Å²) < 4.78 is 15.2. The number of carbonyl (C=O) groups is 2. The zero-order valence-corrected chi connectivity index (χ0v) is 15.4. The van der Waals surface area contributed by atoms with Crippen LogP contribution in [0.1, 0.15) is 44.1 Å². The third kappa shape index (κ3) is 10.3. The van der Waals surface area contributed by atoms with Gasteiger partial charge in [0.05, 0.1) is 20.3 Å². The first-order valence-electron chi connectivity index (χ1n) is 8.94. The molecule has 1 aromatic rings. The van der Waals surface area contributed by atoms with Crippen LogP contribution in [0.25, 0.3) is 6.08 Å². The van der Waals surface area contributed by atoms with E-state index >= 15 is 0 Å². The summed E-state index contributed by atoms with van der Waals surface area (Å²) in [5, 5.41) is 0. The van der Waals surface area contributed by atoms with Crippen LogP contribution in [0.5, 0.6) is 5.75 Å². The highest BCUT2D eigenvalue weighted by Gasteiger charge is 1.97. The van der Waals surface area contributed by atoms with Crippen LogP contribution in [0.4, 0.5) is 0 Å². The molecule has 0 amide bonds. The first kappa shape index (κ1) is 21.5. The van der Waals surface area contributed by atoms with Gasteiger partial charge in [0.2, 0.25) is 0 Å². The molecule has 5 nitrogen and oxygen atoms in total. The second-order valence-electron chi connectivity index (χ2n) is 5.77. The van der Waals surface area contributed by atoms with Gasteiger partial charge in [0, 0.05) is 12.2 Å². The Bertz CT molecular complexity index is 575. The van der Waals surface area contributed by atoms with E-state index in [0.29, 0.717) is 13.2 Å². The summed E-state index contributed by atoms with van der Waals surface area (Å²) in [6, 6.07) is 7.57. The Morgan fingerprint density at radius 3 is 2.15 bits per heavy atom. The lowest BCUT2D eigenvalue weighted by Gasteiger charge is -2.06. The molecule has 1 rings (SSSR count). The standard InChI is InChI=1S/C21H28O5/c1-3-20(22)26-17-9-7-5-4-6-8-16-25-19-13-10-18(11-14-19)12-15-21(23)24-2/h3,10-15H,1,4-9,16-17H2,2H3. The SMILES string of the molecule is C=CC(=O)OCCCCCCCCOc1ccc(C=CC(=O)OC)cc1. The van der Waals surface area contributed by atoms with Gasteiger partial charge in [-0.2, -0.15) is 0 Å². The molecule has 0 bridgehead atoms. The van der Waals surface area contributed by atoms with E-state index < -0.39 is 0 Å². The molecule has 0 aliphatic heterocycles. The fourth-order valence-electron chi connectivity index (χ4n) is 2.24. The van der Waals surface area contributed by atoms with Crippen molar-refractivity contribution in [2.24, 2.45) is 0 Å². The Morgan fingerprint density at radius 1 is 0.923 bits per heavy atom. The van der Waals surface area contributed by atoms with E-state index in [-0.39, 0.29) is 11.9 Å². The van der Waals surface area contributed by atoms with Crippen molar-refractivity contribution in [3.63, 3.8) is 0 Å². The molecular weight excluding hydrogens is 332 g/mol. The Balaban J connectivity index is 2.04. The summed E-state index contributed by atoms with van der Waals surface area (Å²) in [5.74, 6) is 0.0991. The average molecular weight is 360 g/mol. The number of hydrogen-bond acceptors (Lipinski definition) is 5. The molecule has 0 unspecified atom stereocenters. The maximum Gasteiger partial charge on any atom is 0.330 e. The number of rotatable bonds is 13. The Kier molecular flexibility index (Phi) is 11.3. The van der Waals surface area contributed by atoms with Crippen molar-refractivity contribution in [1.29, 1.82) is 0 Å². The van der Waals surface area contributed by atoms with Crippen LogP contribution in [-0.4, -0.2) is 32.3 Å². The Labute approximate surface area is 155 Å². The summed E-state index contributed by atoms with van der Waals surface area (Å²) in [6.45, 7) is 4.51. The number of esters is 2. The highest BCUT2D eigenvalue weighted by molar-refractivity contribution is 5.86. The molecule has 0 N–H and O–H groups in total. The monoisotopic (exact) mass is 360 g/mol. The van der Waals surface area contributed by atoms with Gasteiger partial charge in [0.15, 0.2) is 0 Å². The van der Waals surface area contributed by atoms with E-state index in [1.807, 2.05) is 24.3 Å². The van der Waals surface area contributed by atoms with E-state index in [4.69, 9.17) is 9.47 Å². The van der Waals surface area contributed by atoms with E-state index in [2.05, 4.69) is 11.3 Å². The molecule has 0 atom stereocenters. The molecule has 0 radical (unpaired) electrons. The molecule has 0 saturated carbocycles.